The van der Waals surface area contributed by atoms with Gasteiger partial charge in [-0.15, -0.1) is 0 Å². The molecule has 0 aromatic heterocycles. The molecule has 4 heteroatoms. The van der Waals surface area contributed by atoms with E-state index < -0.39 is 5.97 Å². The van der Waals surface area contributed by atoms with Crippen molar-refractivity contribution in [2.75, 3.05) is 25.0 Å². The number of piperazine rings is 1. The van der Waals surface area contributed by atoms with Crippen LogP contribution in [0.2, 0.25) is 0 Å². The SMILES string of the molecule is C[C@@H]1CN(C)[C@@H](C)CN1c1ccc(CCCCC(=O)O)cc1. The summed E-state index contributed by atoms with van der Waals surface area (Å²) in [6.07, 6.45) is 2.93. The Kier molecular flexibility index (Phi) is 5.83. The van der Waals surface area contributed by atoms with Gasteiger partial charge in [0.25, 0.3) is 0 Å². The van der Waals surface area contributed by atoms with E-state index in [0.29, 0.717) is 12.1 Å². The number of hydrogen-bond donors (Lipinski definition) is 1. The minimum atomic E-state index is -0.700. The molecule has 1 saturated heterocycles. The molecule has 4 nitrogen and oxygen atoms in total. The van der Waals surface area contributed by atoms with E-state index in [1.165, 1.54) is 11.3 Å². The molecule has 1 aliphatic rings. The Labute approximate surface area is 133 Å². The fraction of sp³-hybridized carbons (Fsp3) is 0.611. The van der Waals surface area contributed by atoms with Crippen molar-refractivity contribution in [2.45, 2.75) is 51.6 Å². The Hall–Kier alpha value is -1.55. The summed E-state index contributed by atoms with van der Waals surface area (Å²) in [6, 6.07) is 9.90. The van der Waals surface area contributed by atoms with Crippen LogP contribution in [-0.4, -0.2) is 48.2 Å². The Morgan fingerprint density at radius 1 is 1.14 bits per heavy atom. The van der Waals surface area contributed by atoms with Crippen molar-refractivity contribution in [3.63, 3.8) is 0 Å². The zero-order chi connectivity index (χ0) is 16.1. The summed E-state index contributed by atoms with van der Waals surface area (Å²) in [6.45, 7) is 6.71. The first kappa shape index (κ1) is 16.8. The summed E-state index contributed by atoms with van der Waals surface area (Å²) in [5.41, 5.74) is 2.59. The molecule has 0 radical (unpaired) electrons. The highest BCUT2D eigenvalue weighted by atomic mass is 16.4. The molecule has 1 heterocycles. The Morgan fingerprint density at radius 2 is 1.82 bits per heavy atom. The first-order valence-corrected chi connectivity index (χ1v) is 8.25. The molecule has 2 rings (SSSR count). The van der Waals surface area contributed by atoms with Crippen LogP contribution in [0.4, 0.5) is 5.69 Å². The minimum Gasteiger partial charge on any atom is -0.481 e. The number of benzene rings is 1. The molecule has 0 aliphatic carbocycles. The van der Waals surface area contributed by atoms with Crippen LogP contribution >= 0.6 is 0 Å². The van der Waals surface area contributed by atoms with Crippen LogP contribution in [0.15, 0.2) is 24.3 Å². The lowest BCUT2D eigenvalue weighted by Gasteiger charge is -2.43. The van der Waals surface area contributed by atoms with E-state index in [0.717, 1.165) is 32.4 Å². The van der Waals surface area contributed by atoms with Gasteiger partial charge < -0.3 is 10.0 Å². The van der Waals surface area contributed by atoms with Crippen molar-refractivity contribution in [1.29, 1.82) is 0 Å². The topological polar surface area (TPSA) is 43.8 Å². The van der Waals surface area contributed by atoms with E-state index in [1.807, 2.05) is 0 Å². The van der Waals surface area contributed by atoms with Gasteiger partial charge in [-0.3, -0.25) is 9.69 Å². The van der Waals surface area contributed by atoms with Crippen molar-refractivity contribution in [3.8, 4) is 0 Å². The lowest BCUT2D eigenvalue weighted by Crippen LogP contribution is -2.55. The molecule has 0 amide bonds. The molecule has 122 valence electrons. The van der Waals surface area contributed by atoms with E-state index >= 15 is 0 Å². The van der Waals surface area contributed by atoms with E-state index in [1.54, 1.807) is 0 Å². The zero-order valence-corrected chi connectivity index (χ0v) is 14.0. The average molecular weight is 304 g/mol. The van der Waals surface area contributed by atoms with E-state index in [9.17, 15) is 4.79 Å². The molecule has 2 atom stereocenters. The third kappa shape index (κ3) is 4.47. The molecular weight excluding hydrogens is 276 g/mol. The highest BCUT2D eigenvalue weighted by molar-refractivity contribution is 5.66. The molecule has 1 aliphatic heterocycles. The van der Waals surface area contributed by atoms with Gasteiger partial charge in [-0.05, 0) is 57.9 Å². The molecule has 0 unspecified atom stereocenters. The number of carboxylic acids is 1. The Balaban J connectivity index is 1.89. The molecule has 0 spiro atoms. The van der Waals surface area contributed by atoms with Crippen molar-refractivity contribution < 1.29 is 9.90 Å². The number of anilines is 1. The summed E-state index contributed by atoms with van der Waals surface area (Å²) in [4.78, 5) is 15.4. The second-order valence-corrected chi connectivity index (χ2v) is 6.56. The molecule has 22 heavy (non-hydrogen) atoms. The minimum absolute atomic E-state index is 0.273. The van der Waals surface area contributed by atoms with E-state index in [2.05, 4.69) is 55.0 Å². The van der Waals surface area contributed by atoms with Crippen molar-refractivity contribution in [2.24, 2.45) is 0 Å². The van der Waals surface area contributed by atoms with Crippen molar-refractivity contribution >= 4 is 11.7 Å². The lowest BCUT2D eigenvalue weighted by atomic mass is 10.0. The van der Waals surface area contributed by atoms with Crippen LogP contribution in [0.3, 0.4) is 0 Å². The van der Waals surface area contributed by atoms with E-state index in [-0.39, 0.29) is 6.42 Å². The van der Waals surface area contributed by atoms with Gasteiger partial charge in [0, 0.05) is 37.3 Å². The van der Waals surface area contributed by atoms with Gasteiger partial charge in [0.2, 0.25) is 0 Å². The molecule has 1 fully saturated rings. The van der Waals surface area contributed by atoms with Crippen LogP contribution in [0, 0.1) is 0 Å². The van der Waals surface area contributed by atoms with Gasteiger partial charge in [0.05, 0.1) is 0 Å². The molecule has 1 aromatic carbocycles. The number of unbranched alkanes of at least 4 members (excludes halogenated alkanes) is 1. The maximum atomic E-state index is 10.5. The molecule has 0 bridgehead atoms. The number of carboxylic acid groups (broad SMARTS) is 1. The van der Waals surface area contributed by atoms with Gasteiger partial charge in [0.15, 0.2) is 0 Å². The maximum Gasteiger partial charge on any atom is 0.303 e. The molecule has 0 saturated carbocycles. The quantitative estimate of drug-likeness (QED) is 0.821. The summed E-state index contributed by atoms with van der Waals surface area (Å²) in [5.74, 6) is -0.700. The highest BCUT2D eigenvalue weighted by Crippen LogP contribution is 2.23. The number of likely N-dealkylation sites (N-methyl/N-ethyl adjacent to an activating group) is 1. The van der Waals surface area contributed by atoms with Crippen LogP contribution in [-0.2, 0) is 11.2 Å². The number of aliphatic carboxylic acids is 1. The number of carbonyl (C=O) groups is 1. The lowest BCUT2D eigenvalue weighted by molar-refractivity contribution is -0.137. The van der Waals surface area contributed by atoms with Crippen molar-refractivity contribution in [3.05, 3.63) is 29.8 Å². The fourth-order valence-electron chi connectivity index (χ4n) is 3.12. The Bertz CT molecular complexity index is 486. The summed E-state index contributed by atoms with van der Waals surface area (Å²) in [7, 11) is 2.19. The smallest absolute Gasteiger partial charge is 0.303 e. The number of rotatable bonds is 6. The number of hydrogen-bond acceptors (Lipinski definition) is 3. The largest absolute Gasteiger partial charge is 0.481 e. The first-order valence-electron chi connectivity index (χ1n) is 8.25. The third-order valence-corrected chi connectivity index (χ3v) is 4.67. The summed E-state index contributed by atoms with van der Waals surface area (Å²) >= 11 is 0. The van der Waals surface area contributed by atoms with Gasteiger partial charge in [-0.2, -0.15) is 0 Å². The standard InChI is InChI=1S/C18H28N2O2/c1-14-13-20(15(2)12-19(14)3)17-10-8-16(9-11-17)6-4-5-7-18(21)22/h8-11,14-15H,4-7,12-13H2,1-3H3,(H,21,22)/t14-,15+/m0/s1. The van der Waals surface area contributed by atoms with Crippen LogP contribution in [0.5, 0.6) is 0 Å². The first-order chi connectivity index (χ1) is 10.5. The van der Waals surface area contributed by atoms with Crippen LogP contribution in [0.1, 0.15) is 38.7 Å². The second kappa shape index (κ2) is 7.63. The summed E-state index contributed by atoms with van der Waals surface area (Å²) < 4.78 is 0. The maximum absolute atomic E-state index is 10.5. The fourth-order valence-corrected chi connectivity index (χ4v) is 3.12. The van der Waals surface area contributed by atoms with Gasteiger partial charge in [0.1, 0.15) is 0 Å². The monoisotopic (exact) mass is 304 g/mol. The number of nitrogens with zero attached hydrogens (tertiary/aromatic N) is 2. The predicted octanol–water partition coefficient (Wildman–Crippen LogP) is 3.01. The van der Waals surface area contributed by atoms with Crippen LogP contribution < -0.4 is 4.90 Å². The zero-order valence-electron chi connectivity index (χ0n) is 14.0. The normalized spacial score (nSPS) is 22.8. The second-order valence-electron chi connectivity index (χ2n) is 6.56. The predicted molar refractivity (Wildman–Crippen MR) is 90.5 cm³/mol. The van der Waals surface area contributed by atoms with Gasteiger partial charge in [-0.1, -0.05) is 12.1 Å². The van der Waals surface area contributed by atoms with Crippen molar-refractivity contribution in [1.82, 2.24) is 4.90 Å². The highest BCUT2D eigenvalue weighted by Gasteiger charge is 2.26. The average Bonchev–Trinajstić information content (AvgIpc) is 2.48. The molecular formula is C18H28N2O2. The van der Waals surface area contributed by atoms with Gasteiger partial charge in [-0.25, -0.2) is 0 Å². The molecule has 1 N–H and O–H groups in total. The van der Waals surface area contributed by atoms with Gasteiger partial charge >= 0.3 is 5.97 Å². The third-order valence-electron chi connectivity index (χ3n) is 4.67. The number of aryl methyl sites for hydroxylation is 1. The Morgan fingerprint density at radius 3 is 2.45 bits per heavy atom. The van der Waals surface area contributed by atoms with E-state index in [4.69, 9.17) is 5.11 Å². The van der Waals surface area contributed by atoms with Crippen LogP contribution in [0.25, 0.3) is 0 Å². The summed E-state index contributed by atoms with van der Waals surface area (Å²) in [5, 5.41) is 8.65. The molecule has 1 aromatic rings.